The molecule has 0 N–H and O–H groups in total. The Kier molecular flexibility index (Phi) is 2.24. The van der Waals surface area contributed by atoms with Gasteiger partial charge >= 0.3 is 0 Å². The molecule has 0 aromatic heterocycles. The lowest BCUT2D eigenvalue weighted by Gasteiger charge is -2.13. The molecule has 1 saturated heterocycles. The molecule has 3 rings (SSSR count). The van der Waals surface area contributed by atoms with E-state index in [0.29, 0.717) is 30.9 Å². The van der Waals surface area contributed by atoms with Gasteiger partial charge in [0, 0.05) is 12.8 Å². The zero-order valence-electron chi connectivity index (χ0n) is 9.14. The van der Waals surface area contributed by atoms with Crippen molar-refractivity contribution in [1.29, 1.82) is 0 Å². The van der Waals surface area contributed by atoms with Crippen LogP contribution in [0, 0.1) is 0 Å². The summed E-state index contributed by atoms with van der Waals surface area (Å²) in [5.41, 5.74) is 0.873. The Labute approximate surface area is 97.9 Å². The molecule has 5 nitrogen and oxygen atoms in total. The van der Waals surface area contributed by atoms with Gasteiger partial charge < -0.3 is 9.47 Å². The lowest BCUT2D eigenvalue weighted by Crippen LogP contribution is -2.28. The third kappa shape index (κ3) is 1.73. The van der Waals surface area contributed by atoms with E-state index in [4.69, 9.17) is 9.47 Å². The van der Waals surface area contributed by atoms with E-state index in [1.54, 1.807) is 12.1 Å². The van der Waals surface area contributed by atoms with Crippen LogP contribution in [0.1, 0.15) is 18.4 Å². The van der Waals surface area contributed by atoms with E-state index in [1.165, 1.54) is 4.90 Å². The standard InChI is InChI=1S/C12H11NO4/c14-11-3-4-12(15)13(11)6-8-1-2-9-10(5-8)17-7-16-9/h1-2,5H,3-4,6-7H2. The highest BCUT2D eigenvalue weighted by Crippen LogP contribution is 2.33. The summed E-state index contributed by atoms with van der Waals surface area (Å²) in [5, 5.41) is 0. The molecule has 17 heavy (non-hydrogen) atoms. The third-order valence-corrected chi connectivity index (χ3v) is 2.93. The summed E-state index contributed by atoms with van der Waals surface area (Å²) in [7, 11) is 0. The number of imide groups is 1. The van der Waals surface area contributed by atoms with Gasteiger partial charge in [-0.15, -0.1) is 0 Å². The second kappa shape index (κ2) is 3.76. The van der Waals surface area contributed by atoms with Crippen LogP contribution in [0.25, 0.3) is 0 Å². The molecule has 0 bridgehead atoms. The summed E-state index contributed by atoms with van der Waals surface area (Å²) in [4.78, 5) is 24.2. The smallest absolute Gasteiger partial charge is 0.231 e. The molecule has 0 atom stereocenters. The average molecular weight is 233 g/mol. The Hall–Kier alpha value is -2.04. The molecular weight excluding hydrogens is 222 g/mol. The van der Waals surface area contributed by atoms with Gasteiger partial charge in [-0.25, -0.2) is 0 Å². The van der Waals surface area contributed by atoms with Crippen molar-refractivity contribution in [2.75, 3.05) is 6.79 Å². The molecule has 2 aliphatic heterocycles. The number of amides is 2. The van der Waals surface area contributed by atoms with E-state index in [-0.39, 0.29) is 18.6 Å². The normalized spacial score (nSPS) is 18.0. The lowest BCUT2D eigenvalue weighted by atomic mass is 10.2. The summed E-state index contributed by atoms with van der Waals surface area (Å²) in [6.45, 7) is 0.536. The molecule has 0 aliphatic carbocycles. The zero-order valence-corrected chi connectivity index (χ0v) is 9.14. The molecule has 0 spiro atoms. The molecular formula is C12H11NO4. The molecule has 1 fully saturated rings. The Morgan fingerprint density at radius 3 is 2.53 bits per heavy atom. The maximum atomic E-state index is 11.5. The zero-order chi connectivity index (χ0) is 11.8. The van der Waals surface area contributed by atoms with Crippen LogP contribution in [0.5, 0.6) is 11.5 Å². The van der Waals surface area contributed by atoms with Gasteiger partial charge in [-0.1, -0.05) is 6.07 Å². The predicted molar refractivity (Wildman–Crippen MR) is 57.4 cm³/mol. The van der Waals surface area contributed by atoms with Crippen molar-refractivity contribution in [3.05, 3.63) is 23.8 Å². The summed E-state index contributed by atoms with van der Waals surface area (Å²) in [6, 6.07) is 5.44. The number of fused-ring (bicyclic) bond motifs is 1. The summed E-state index contributed by atoms with van der Waals surface area (Å²) in [6.07, 6.45) is 0.646. The second-order valence-electron chi connectivity index (χ2n) is 4.06. The molecule has 0 unspecified atom stereocenters. The minimum atomic E-state index is -0.104. The van der Waals surface area contributed by atoms with Gasteiger partial charge in [0.25, 0.3) is 0 Å². The molecule has 2 aliphatic rings. The van der Waals surface area contributed by atoms with Gasteiger partial charge in [-0.2, -0.15) is 0 Å². The van der Waals surface area contributed by atoms with Gasteiger partial charge in [0.1, 0.15) is 0 Å². The number of benzene rings is 1. The molecule has 1 aromatic rings. The number of hydrogen-bond donors (Lipinski definition) is 0. The van der Waals surface area contributed by atoms with Crippen molar-refractivity contribution in [3.8, 4) is 11.5 Å². The van der Waals surface area contributed by atoms with Crippen LogP contribution in [0.4, 0.5) is 0 Å². The van der Waals surface area contributed by atoms with Crippen LogP contribution in [-0.4, -0.2) is 23.5 Å². The second-order valence-corrected chi connectivity index (χ2v) is 4.06. The van der Waals surface area contributed by atoms with Crippen molar-refractivity contribution < 1.29 is 19.1 Å². The Morgan fingerprint density at radius 2 is 1.76 bits per heavy atom. The fourth-order valence-corrected chi connectivity index (χ4v) is 2.02. The minimum absolute atomic E-state index is 0.104. The quantitative estimate of drug-likeness (QED) is 0.717. The van der Waals surface area contributed by atoms with Crippen molar-refractivity contribution in [1.82, 2.24) is 4.90 Å². The van der Waals surface area contributed by atoms with E-state index >= 15 is 0 Å². The molecule has 0 radical (unpaired) electrons. The average Bonchev–Trinajstić information content (AvgIpc) is 2.90. The van der Waals surface area contributed by atoms with E-state index < -0.39 is 0 Å². The largest absolute Gasteiger partial charge is 0.454 e. The highest BCUT2D eigenvalue weighted by molar-refractivity contribution is 6.01. The number of likely N-dealkylation sites (tertiary alicyclic amines) is 1. The van der Waals surface area contributed by atoms with Crippen LogP contribution >= 0.6 is 0 Å². The van der Waals surface area contributed by atoms with Gasteiger partial charge in [-0.05, 0) is 17.7 Å². The highest BCUT2D eigenvalue weighted by atomic mass is 16.7. The topological polar surface area (TPSA) is 55.8 Å². The number of rotatable bonds is 2. The monoisotopic (exact) mass is 233 g/mol. The molecule has 2 heterocycles. The van der Waals surface area contributed by atoms with Crippen LogP contribution in [0.2, 0.25) is 0 Å². The Bertz CT molecular complexity index is 481. The van der Waals surface area contributed by atoms with Crippen molar-refractivity contribution in [2.24, 2.45) is 0 Å². The third-order valence-electron chi connectivity index (χ3n) is 2.93. The lowest BCUT2D eigenvalue weighted by molar-refractivity contribution is -0.139. The molecule has 5 heteroatoms. The van der Waals surface area contributed by atoms with Gasteiger partial charge in [-0.3, -0.25) is 14.5 Å². The fraction of sp³-hybridized carbons (Fsp3) is 0.333. The number of ether oxygens (including phenoxy) is 2. The van der Waals surface area contributed by atoms with Gasteiger partial charge in [0.2, 0.25) is 18.6 Å². The summed E-state index contributed by atoms with van der Waals surface area (Å²) < 4.78 is 10.4. The number of carbonyl (C=O) groups is 2. The number of nitrogens with zero attached hydrogens (tertiary/aromatic N) is 1. The van der Waals surface area contributed by atoms with Crippen LogP contribution in [0.15, 0.2) is 18.2 Å². The summed E-state index contributed by atoms with van der Waals surface area (Å²) >= 11 is 0. The molecule has 0 saturated carbocycles. The van der Waals surface area contributed by atoms with Gasteiger partial charge in [0.05, 0.1) is 6.54 Å². The first-order chi connectivity index (χ1) is 8.24. The van der Waals surface area contributed by atoms with Crippen molar-refractivity contribution >= 4 is 11.8 Å². The summed E-state index contributed by atoms with van der Waals surface area (Å²) in [5.74, 6) is 1.16. The fourth-order valence-electron chi connectivity index (χ4n) is 2.02. The predicted octanol–water partition coefficient (Wildman–Crippen LogP) is 1.06. The van der Waals surface area contributed by atoms with Crippen molar-refractivity contribution in [3.63, 3.8) is 0 Å². The van der Waals surface area contributed by atoms with E-state index in [0.717, 1.165) is 5.56 Å². The number of carbonyl (C=O) groups excluding carboxylic acids is 2. The number of hydrogen-bond acceptors (Lipinski definition) is 4. The van der Waals surface area contributed by atoms with Crippen LogP contribution < -0.4 is 9.47 Å². The SMILES string of the molecule is O=C1CCC(=O)N1Cc1ccc2c(c1)OCO2. The van der Waals surface area contributed by atoms with E-state index in [1.807, 2.05) is 6.07 Å². The maximum Gasteiger partial charge on any atom is 0.231 e. The van der Waals surface area contributed by atoms with E-state index in [9.17, 15) is 9.59 Å². The maximum absolute atomic E-state index is 11.5. The Morgan fingerprint density at radius 1 is 1.06 bits per heavy atom. The Balaban J connectivity index is 1.81. The first kappa shape index (κ1) is 10.1. The van der Waals surface area contributed by atoms with Crippen LogP contribution in [0.3, 0.4) is 0 Å². The van der Waals surface area contributed by atoms with Crippen molar-refractivity contribution in [2.45, 2.75) is 19.4 Å². The van der Waals surface area contributed by atoms with Gasteiger partial charge in [0.15, 0.2) is 11.5 Å². The van der Waals surface area contributed by atoms with E-state index in [2.05, 4.69) is 0 Å². The molecule has 2 amide bonds. The van der Waals surface area contributed by atoms with Crippen LogP contribution in [-0.2, 0) is 16.1 Å². The first-order valence-corrected chi connectivity index (χ1v) is 5.46. The molecule has 88 valence electrons. The minimum Gasteiger partial charge on any atom is -0.454 e. The first-order valence-electron chi connectivity index (χ1n) is 5.46. The molecule has 1 aromatic carbocycles. The highest BCUT2D eigenvalue weighted by Gasteiger charge is 2.29.